The highest BCUT2D eigenvalue weighted by atomic mass is 19.2. The van der Waals surface area contributed by atoms with E-state index in [0.29, 0.717) is 13.2 Å². The fourth-order valence-corrected chi connectivity index (χ4v) is 3.21. The summed E-state index contributed by atoms with van der Waals surface area (Å²) in [7, 11) is 0. The van der Waals surface area contributed by atoms with Gasteiger partial charge in [-0.15, -0.1) is 0 Å². The molecule has 0 atom stereocenters. The molecule has 2 N–H and O–H groups in total. The van der Waals surface area contributed by atoms with Gasteiger partial charge < -0.3 is 15.4 Å². The second kappa shape index (κ2) is 8.26. The first-order valence-electron chi connectivity index (χ1n) is 8.68. The van der Waals surface area contributed by atoms with E-state index in [1.807, 2.05) is 30.3 Å². The Bertz CT molecular complexity index is 821. The van der Waals surface area contributed by atoms with E-state index in [1.165, 1.54) is 6.07 Å². The van der Waals surface area contributed by atoms with E-state index in [0.717, 1.165) is 30.5 Å². The zero-order chi connectivity index (χ0) is 19.3. The van der Waals surface area contributed by atoms with Crippen LogP contribution >= 0.6 is 0 Å². The molecule has 2 amide bonds. The molecular weight excluding hydrogens is 354 g/mol. The van der Waals surface area contributed by atoms with Gasteiger partial charge >= 0.3 is 11.8 Å². The molecule has 0 aliphatic carbocycles. The maximum atomic E-state index is 13.2. The van der Waals surface area contributed by atoms with E-state index >= 15 is 0 Å². The van der Waals surface area contributed by atoms with Crippen LogP contribution in [0.25, 0.3) is 0 Å². The predicted octanol–water partition coefficient (Wildman–Crippen LogP) is 2.77. The van der Waals surface area contributed by atoms with Crippen molar-refractivity contribution in [2.75, 3.05) is 25.1 Å². The smallest absolute Gasteiger partial charge is 0.313 e. The van der Waals surface area contributed by atoms with Crippen LogP contribution in [-0.4, -0.2) is 31.6 Å². The predicted molar refractivity (Wildman–Crippen MR) is 96.2 cm³/mol. The molecular formula is C20H20F2N2O3. The van der Waals surface area contributed by atoms with E-state index in [9.17, 15) is 18.4 Å². The van der Waals surface area contributed by atoms with Gasteiger partial charge in [0.15, 0.2) is 11.6 Å². The molecule has 2 aromatic rings. The van der Waals surface area contributed by atoms with Gasteiger partial charge in [0, 0.05) is 36.9 Å². The quantitative estimate of drug-likeness (QED) is 0.809. The van der Waals surface area contributed by atoms with Gasteiger partial charge in [-0.1, -0.05) is 30.3 Å². The Hall–Kier alpha value is -2.80. The molecule has 3 rings (SSSR count). The lowest BCUT2D eigenvalue weighted by Crippen LogP contribution is -2.47. The van der Waals surface area contributed by atoms with Gasteiger partial charge in [-0.05, 0) is 30.5 Å². The largest absolute Gasteiger partial charge is 0.381 e. The van der Waals surface area contributed by atoms with Crippen LogP contribution in [0.15, 0.2) is 48.5 Å². The van der Waals surface area contributed by atoms with Crippen LogP contribution in [0.2, 0.25) is 0 Å². The Morgan fingerprint density at radius 3 is 2.33 bits per heavy atom. The van der Waals surface area contributed by atoms with Crippen molar-refractivity contribution in [3.63, 3.8) is 0 Å². The van der Waals surface area contributed by atoms with Crippen molar-refractivity contribution in [3.8, 4) is 0 Å². The van der Waals surface area contributed by atoms with Gasteiger partial charge in [0.1, 0.15) is 0 Å². The molecule has 0 spiro atoms. The van der Waals surface area contributed by atoms with E-state index in [-0.39, 0.29) is 17.6 Å². The number of ether oxygens (including phenoxy) is 1. The molecule has 0 bridgehead atoms. The third-order valence-electron chi connectivity index (χ3n) is 4.81. The normalized spacial score (nSPS) is 15.8. The summed E-state index contributed by atoms with van der Waals surface area (Å²) in [6.45, 7) is 1.43. The number of amides is 2. The van der Waals surface area contributed by atoms with Crippen molar-refractivity contribution in [1.29, 1.82) is 0 Å². The molecule has 1 aliphatic heterocycles. The molecule has 1 aliphatic rings. The van der Waals surface area contributed by atoms with Crippen LogP contribution in [0.5, 0.6) is 0 Å². The van der Waals surface area contributed by atoms with Crippen molar-refractivity contribution in [2.45, 2.75) is 18.3 Å². The number of nitrogens with one attached hydrogen (secondary N) is 2. The molecule has 1 heterocycles. The molecule has 0 unspecified atom stereocenters. The van der Waals surface area contributed by atoms with E-state index in [1.54, 1.807) is 0 Å². The molecule has 142 valence electrons. The SMILES string of the molecule is O=C(NCC1(c2ccccc2)CCOCC1)C(=O)Nc1ccc(F)c(F)c1. The van der Waals surface area contributed by atoms with Gasteiger partial charge in [-0.25, -0.2) is 8.78 Å². The molecule has 2 aromatic carbocycles. The molecule has 7 heteroatoms. The zero-order valence-electron chi connectivity index (χ0n) is 14.6. The maximum absolute atomic E-state index is 13.2. The molecule has 0 radical (unpaired) electrons. The summed E-state index contributed by atoms with van der Waals surface area (Å²) in [4.78, 5) is 24.3. The second-order valence-corrected chi connectivity index (χ2v) is 6.52. The summed E-state index contributed by atoms with van der Waals surface area (Å²) in [6, 6.07) is 12.7. The van der Waals surface area contributed by atoms with Crippen LogP contribution in [0.3, 0.4) is 0 Å². The topological polar surface area (TPSA) is 67.4 Å². The van der Waals surface area contributed by atoms with Crippen LogP contribution in [0.1, 0.15) is 18.4 Å². The lowest BCUT2D eigenvalue weighted by Gasteiger charge is -2.37. The summed E-state index contributed by atoms with van der Waals surface area (Å²) in [5.41, 5.74) is 0.782. The van der Waals surface area contributed by atoms with Crippen molar-refractivity contribution in [2.24, 2.45) is 0 Å². The summed E-state index contributed by atoms with van der Waals surface area (Å²) in [5.74, 6) is -3.89. The fraction of sp³-hybridized carbons (Fsp3) is 0.300. The zero-order valence-corrected chi connectivity index (χ0v) is 14.6. The second-order valence-electron chi connectivity index (χ2n) is 6.52. The standard InChI is InChI=1S/C20H20F2N2O3/c21-16-7-6-15(12-17(16)22)24-19(26)18(25)23-13-20(8-10-27-11-9-20)14-4-2-1-3-5-14/h1-7,12H,8-11,13H2,(H,23,25)(H,24,26). The average Bonchev–Trinajstić information content (AvgIpc) is 2.70. The molecule has 1 saturated heterocycles. The lowest BCUT2D eigenvalue weighted by molar-refractivity contribution is -0.136. The minimum Gasteiger partial charge on any atom is -0.381 e. The van der Waals surface area contributed by atoms with Gasteiger partial charge in [-0.2, -0.15) is 0 Å². The van der Waals surface area contributed by atoms with Crippen molar-refractivity contribution in [3.05, 3.63) is 65.7 Å². The summed E-state index contributed by atoms with van der Waals surface area (Å²) < 4.78 is 31.6. The van der Waals surface area contributed by atoms with Gasteiger partial charge in [0.2, 0.25) is 0 Å². The number of carbonyl (C=O) groups is 2. The minimum absolute atomic E-state index is 0.0119. The number of carbonyl (C=O) groups excluding carboxylic acids is 2. The molecule has 0 saturated carbocycles. The maximum Gasteiger partial charge on any atom is 0.313 e. The van der Waals surface area contributed by atoms with Gasteiger partial charge in [0.05, 0.1) is 0 Å². The number of halogens is 2. The third-order valence-corrected chi connectivity index (χ3v) is 4.81. The van der Waals surface area contributed by atoms with Gasteiger partial charge in [0.25, 0.3) is 0 Å². The van der Waals surface area contributed by atoms with Gasteiger partial charge in [-0.3, -0.25) is 9.59 Å². The Morgan fingerprint density at radius 1 is 0.963 bits per heavy atom. The molecule has 27 heavy (non-hydrogen) atoms. The monoisotopic (exact) mass is 374 g/mol. The van der Waals surface area contributed by atoms with E-state index in [2.05, 4.69) is 10.6 Å². The average molecular weight is 374 g/mol. The molecule has 0 aromatic heterocycles. The Kier molecular flexibility index (Phi) is 5.81. The number of rotatable bonds is 4. The van der Waals surface area contributed by atoms with Crippen LogP contribution in [0.4, 0.5) is 14.5 Å². The molecule has 1 fully saturated rings. The van der Waals surface area contributed by atoms with Crippen LogP contribution in [-0.2, 0) is 19.7 Å². The summed E-state index contributed by atoms with van der Waals surface area (Å²) >= 11 is 0. The molecule has 5 nitrogen and oxygen atoms in total. The highest BCUT2D eigenvalue weighted by Crippen LogP contribution is 2.34. The minimum atomic E-state index is -1.10. The first kappa shape index (κ1) is 19.0. The number of hydrogen-bond donors (Lipinski definition) is 2. The first-order valence-corrected chi connectivity index (χ1v) is 8.68. The fourth-order valence-electron chi connectivity index (χ4n) is 3.21. The third kappa shape index (κ3) is 4.49. The first-order chi connectivity index (χ1) is 13.0. The van der Waals surface area contributed by atoms with E-state index in [4.69, 9.17) is 4.74 Å². The lowest BCUT2D eigenvalue weighted by atomic mass is 9.74. The van der Waals surface area contributed by atoms with E-state index < -0.39 is 23.4 Å². The highest BCUT2D eigenvalue weighted by Gasteiger charge is 2.35. The number of hydrogen-bond acceptors (Lipinski definition) is 3. The number of benzene rings is 2. The summed E-state index contributed by atoms with van der Waals surface area (Å²) in [5, 5.41) is 4.93. The van der Waals surface area contributed by atoms with Crippen molar-refractivity contribution >= 4 is 17.5 Å². The summed E-state index contributed by atoms with van der Waals surface area (Å²) in [6.07, 6.45) is 1.45. The Morgan fingerprint density at radius 2 is 1.67 bits per heavy atom. The highest BCUT2D eigenvalue weighted by molar-refractivity contribution is 6.39. The van der Waals surface area contributed by atoms with Crippen molar-refractivity contribution < 1.29 is 23.1 Å². The van der Waals surface area contributed by atoms with Crippen LogP contribution < -0.4 is 10.6 Å². The van der Waals surface area contributed by atoms with Crippen LogP contribution in [0, 0.1) is 11.6 Å². The Labute approximate surface area is 155 Å². The van der Waals surface area contributed by atoms with Crippen molar-refractivity contribution in [1.82, 2.24) is 5.32 Å². The number of anilines is 1. The Balaban J connectivity index is 1.65.